The van der Waals surface area contributed by atoms with Crippen molar-refractivity contribution in [2.45, 2.75) is 12.8 Å². The molecule has 0 amide bonds. The molecule has 1 aromatic carbocycles. The number of nitrogens with zero attached hydrogens (tertiary/aromatic N) is 2. The third-order valence-electron chi connectivity index (χ3n) is 2.31. The molecule has 2 rings (SSSR count). The first-order valence-electron chi connectivity index (χ1n) is 5.30. The maximum absolute atomic E-state index is 11.0. The summed E-state index contributed by atoms with van der Waals surface area (Å²) in [6.45, 7) is 0. The molecule has 0 radical (unpaired) electrons. The van der Waals surface area contributed by atoms with E-state index >= 15 is 0 Å². The van der Waals surface area contributed by atoms with Crippen LogP contribution in [0.4, 0.5) is 0 Å². The van der Waals surface area contributed by atoms with Gasteiger partial charge in [-0.2, -0.15) is 4.98 Å². The number of halogens is 1. The first-order valence-corrected chi connectivity index (χ1v) is 6.09. The molecule has 0 spiro atoms. The molecule has 0 aliphatic rings. The molecule has 0 bridgehead atoms. The Morgan fingerprint density at radius 3 is 2.78 bits per heavy atom. The van der Waals surface area contributed by atoms with Crippen molar-refractivity contribution >= 4 is 21.9 Å². The van der Waals surface area contributed by atoms with Gasteiger partial charge >= 0.3 is 5.97 Å². The van der Waals surface area contributed by atoms with Gasteiger partial charge in [-0.3, -0.25) is 4.79 Å². The van der Waals surface area contributed by atoms with Crippen molar-refractivity contribution in [2.24, 2.45) is 0 Å². The minimum absolute atomic E-state index is 0.00381. The lowest BCUT2D eigenvalue weighted by Crippen LogP contribution is -2.04. The zero-order valence-corrected chi connectivity index (χ0v) is 11.3. The van der Waals surface area contributed by atoms with Crippen LogP contribution in [0.5, 0.6) is 0 Å². The molecule has 94 valence electrons. The van der Waals surface area contributed by atoms with Crippen LogP contribution in [0.2, 0.25) is 0 Å². The Hall–Kier alpha value is -1.69. The summed E-state index contributed by atoms with van der Waals surface area (Å²) in [4.78, 5) is 15.2. The van der Waals surface area contributed by atoms with Gasteiger partial charge in [0.05, 0.1) is 7.11 Å². The van der Waals surface area contributed by atoms with E-state index in [9.17, 15) is 4.79 Å². The molecule has 0 fully saturated rings. The molecule has 5 nitrogen and oxygen atoms in total. The second-order valence-corrected chi connectivity index (χ2v) is 4.58. The zero-order valence-electron chi connectivity index (χ0n) is 9.72. The molecule has 0 aliphatic heterocycles. The van der Waals surface area contributed by atoms with Crippen molar-refractivity contribution in [2.75, 3.05) is 7.11 Å². The average Bonchev–Trinajstić information content (AvgIpc) is 2.79. The third-order valence-corrected chi connectivity index (χ3v) is 2.84. The molecular formula is C12H11BrN2O3. The average molecular weight is 311 g/mol. The summed E-state index contributed by atoms with van der Waals surface area (Å²) in [6.07, 6.45) is 0.571. The second-order valence-electron chi connectivity index (χ2n) is 3.66. The predicted octanol–water partition coefficient (Wildman–Crippen LogP) is 2.14. The van der Waals surface area contributed by atoms with E-state index in [0.717, 1.165) is 10.0 Å². The van der Waals surface area contributed by atoms with Gasteiger partial charge in [0.2, 0.25) is 5.89 Å². The molecule has 6 heteroatoms. The molecule has 0 atom stereocenters. The Labute approximate surface area is 112 Å². The number of esters is 1. The number of ether oxygens (including phenoxy) is 1. The van der Waals surface area contributed by atoms with Crippen molar-refractivity contribution < 1.29 is 14.1 Å². The summed E-state index contributed by atoms with van der Waals surface area (Å²) in [7, 11) is 1.32. The highest BCUT2D eigenvalue weighted by Crippen LogP contribution is 2.13. The maximum atomic E-state index is 11.0. The van der Waals surface area contributed by atoms with Gasteiger partial charge in [-0.1, -0.05) is 33.2 Å². The number of hydrogen-bond acceptors (Lipinski definition) is 5. The molecule has 0 saturated heterocycles. The normalized spacial score (nSPS) is 10.3. The van der Waals surface area contributed by atoms with Gasteiger partial charge in [-0.25, -0.2) is 0 Å². The lowest BCUT2D eigenvalue weighted by atomic mass is 10.1. The predicted molar refractivity (Wildman–Crippen MR) is 67.0 cm³/mol. The Bertz CT molecular complexity index is 537. The van der Waals surface area contributed by atoms with E-state index in [4.69, 9.17) is 4.52 Å². The quantitative estimate of drug-likeness (QED) is 0.809. The molecule has 18 heavy (non-hydrogen) atoms. The lowest BCUT2D eigenvalue weighted by Gasteiger charge is -1.96. The summed E-state index contributed by atoms with van der Waals surface area (Å²) < 4.78 is 10.5. The third kappa shape index (κ3) is 3.40. The highest BCUT2D eigenvalue weighted by Gasteiger charge is 2.11. The van der Waals surface area contributed by atoms with Gasteiger partial charge in [0, 0.05) is 10.9 Å². The Morgan fingerprint density at radius 2 is 2.11 bits per heavy atom. The van der Waals surface area contributed by atoms with Gasteiger partial charge in [-0.05, 0) is 17.7 Å². The fraction of sp³-hybridized carbons (Fsp3) is 0.250. The number of rotatable bonds is 4. The molecular weight excluding hydrogens is 300 g/mol. The molecule has 0 unspecified atom stereocenters. The van der Waals surface area contributed by atoms with Gasteiger partial charge in [0.1, 0.15) is 6.42 Å². The van der Waals surface area contributed by atoms with Gasteiger partial charge in [0.15, 0.2) is 5.82 Å². The van der Waals surface area contributed by atoms with Crippen molar-refractivity contribution in [1.82, 2.24) is 10.1 Å². The Balaban J connectivity index is 2.02. The summed E-state index contributed by atoms with van der Waals surface area (Å²) in [5.74, 6) is 0.430. The SMILES string of the molecule is COC(=O)Cc1nc(Cc2ccc(Br)cc2)no1. The number of carbonyl (C=O) groups excluding carboxylic acids is 1. The van der Waals surface area contributed by atoms with E-state index in [1.165, 1.54) is 7.11 Å². The highest BCUT2D eigenvalue weighted by molar-refractivity contribution is 9.10. The van der Waals surface area contributed by atoms with E-state index in [0.29, 0.717) is 12.2 Å². The molecule has 1 heterocycles. The smallest absolute Gasteiger partial charge is 0.315 e. The van der Waals surface area contributed by atoms with Crippen LogP contribution in [0.3, 0.4) is 0 Å². The first-order chi connectivity index (χ1) is 8.67. The van der Waals surface area contributed by atoms with Crippen molar-refractivity contribution in [1.29, 1.82) is 0 Å². The maximum Gasteiger partial charge on any atom is 0.315 e. The van der Waals surface area contributed by atoms with Crippen LogP contribution < -0.4 is 0 Å². The summed E-state index contributed by atoms with van der Waals surface area (Å²) >= 11 is 3.37. The topological polar surface area (TPSA) is 65.2 Å². The van der Waals surface area contributed by atoms with Gasteiger partial charge in [0.25, 0.3) is 0 Å². The van der Waals surface area contributed by atoms with E-state index in [2.05, 4.69) is 30.8 Å². The molecule has 2 aromatic rings. The van der Waals surface area contributed by atoms with Crippen LogP contribution in [0.15, 0.2) is 33.3 Å². The van der Waals surface area contributed by atoms with Crippen molar-refractivity contribution in [3.63, 3.8) is 0 Å². The molecule has 1 aromatic heterocycles. The number of benzene rings is 1. The summed E-state index contributed by atoms with van der Waals surface area (Å²) in [5, 5.41) is 3.82. The fourth-order valence-electron chi connectivity index (χ4n) is 1.41. The minimum Gasteiger partial charge on any atom is -0.469 e. The number of hydrogen-bond donors (Lipinski definition) is 0. The molecule has 0 aliphatic carbocycles. The zero-order chi connectivity index (χ0) is 13.0. The van der Waals surface area contributed by atoms with Crippen molar-refractivity contribution in [3.05, 3.63) is 46.0 Å². The van der Waals surface area contributed by atoms with Crippen LogP contribution in [-0.2, 0) is 22.4 Å². The Morgan fingerprint density at radius 1 is 1.39 bits per heavy atom. The highest BCUT2D eigenvalue weighted by atomic mass is 79.9. The largest absolute Gasteiger partial charge is 0.469 e. The van der Waals surface area contributed by atoms with Gasteiger partial charge in [-0.15, -0.1) is 0 Å². The van der Waals surface area contributed by atoms with Crippen LogP contribution in [0, 0.1) is 0 Å². The van der Waals surface area contributed by atoms with E-state index in [1.54, 1.807) is 0 Å². The monoisotopic (exact) mass is 310 g/mol. The van der Waals surface area contributed by atoms with E-state index < -0.39 is 5.97 Å². The summed E-state index contributed by atoms with van der Waals surface area (Å²) in [6, 6.07) is 7.84. The van der Waals surface area contributed by atoms with Crippen LogP contribution >= 0.6 is 15.9 Å². The Kier molecular flexibility index (Phi) is 4.09. The number of methoxy groups -OCH3 is 1. The molecule has 0 saturated carbocycles. The lowest BCUT2D eigenvalue weighted by molar-refractivity contribution is -0.140. The fourth-order valence-corrected chi connectivity index (χ4v) is 1.68. The van der Waals surface area contributed by atoms with E-state index in [-0.39, 0.29) is 12.3 Å². The van der Waals surface area contributed by atoms with Crippen LogP contribution in [0.25, 0.3) is 0 Å². The second kappa shape index (κ2) is 5.77. The van der Waals surface area contributed by atoms with Gasteiger partial charge < -0.3 is 9.26 Å². The summed E-state index contributed by atoms with van der Waals surface area (Å²) in [5.41, 5.74) is 1.07. The number of carbonyl (C=O) groups is 1. The molecule has 0 N–H and O–H groups in total. The minimum atomic E-state index is -0.395. The standard InChI is InChI=1S/C12H11BrN2O3/c1-17-12(16)7-11-14-10(15-18-11)6-8-2-4-9(13)5-3-8/h2-5H,6-7H2,1H3. The number of aromatic nitrogens is 2. The van der Waals surface area contributed by atoms with Crippen LogP contribution in [0.1, 0.15) is 17.3 Å². The van der Waals surface area contributed by atoms with Crippen molar-refractivity contribution in [3.8, 4) is 0 Å². The van der Waals surface area contributed by atoms with Crippen LogP contribution in [-0.4, -0.2) is 23.2 Å². The first kappa shape index (κ1) is 12.8. The van der Waals surface area contributed by atoms with E-state index in [1.807, 2.05) is 24.3 Å².